The highest BCUT2D eigenvalue weighted by Gasteiger charge is 2.45. The molecule has 2 N–H and O–H groups in total. The fraction of sp³-hybridized carbons (Fsp3) is 0.560. The van der Waals surface area contributed by atoms with Crippen molar-refractivity contribution in [1.82, 2.24) is 10.1 Å². The fourth-order valence-electron chi connectivity index (χ4n) is 3.38. The maximum Gasteiger partial charge on any atom is 0.340 e. The Morgan fingerprint density at radius 3 is 2.56 bits per heavy atom. The van der Waals surface area contributed by atoms with Gasteiger partial charge in [0.25, 0.3) is 8.32 Å². The number of aryl methyl sites for hydroxylation is 1. The first-order chi connectivity index (χ1) is 16.8. The number of benzene rings is 1. The van der Waals surface area contributed by atoms with Crippen molar-refractivity contribution in [1.29, 1.82) is 0 Å². The lowest BCUT2D eigenvalue weighted by Gasteiger charge is -2.43. The van der Waals surface area contributed by atoms with Crippen molar-refractivity contribution in [3.8, 4) is 11.5 Å². The van der Waals surface area contributed by atoms with Crippen molar-refractivity contribution >= 4 is 42.0 Å². The van der Waals surface area contributed by atoms with E-state index in [0.29, 0.717) is 50.7 Å². The van der Waals surface area contributed by atoms with Crippen LogP contribution in [0.1, 0.15) is 61.4 Å². The van der Waals surface area contributed by atoms with Gasteiger partial charge in [0.05, 0.1) is 23.2 Å². The molecule has 0 spiro atoms. The van der Waals surface area contributed by atoms with Crippen LogP contribution < -0.4 is 14.9 Å². The molecule has 0 aliphatic heterocycles. The van der Waals surface area contributed by atoms with Crippen molar-refractivity contribution < 1.29 is 23.2 Å². The Morgan fingerprint density at radius 1 is 1.36 bits per heavy atom. The Labute approximate surface area is 228 Å². The molecule has 8 nitrogen and oxygen atoms in total. The summed E-state index contributed by atoms with van der Waals surface area (Å²) in [5.41, 5.74) is 7.36. The second-order valence-electron chi connectivity index (χ2n) is 9.92. The van der Waals surface area contributed by atoms with E-state index in [0.717, 1.165) is 5.56 Å². The first-order valence-electron chi connectivity index (χ1n) is 11.8. The van der Waals surface area contributed by atoms with Gasteiger partial charge in [-0.2, -0.15) is 16.7 Å². The SMILES string of the molecule is C=CCOC(=O)c1c(Br)c(OC)cc(O[Si](C)(C)C(C)(C)C(C)C)c1CSC[C@H](N)c1nc(C)no1. The third-order valence-electron chi connectivity index (χ3n) is 6.82. The summed E-state index contributed by atoms with van der Waals surface area (Å²) >= 11 is 5.10. The number of halogens is 1. The molecule has 0 radical (unpaired) electrons. The molecule has 0 saturated heterocycles. The van der Waals surface area contributed by atoms with Crippen LogP contribution in [-0.2, 0) is 10.5 Å². The van der Waals surface area contributed by atoms with Gasteiger partial charge in [-0.1, -0.05) is 45.5 Å². The number of carbonyl (C=O) groups excluding carboxylic acids is 1. The third-order valence-corrected chi connectivity index (χ3v) is 13.1. The molecule has 0 aliphatic rings. The van der Waals surface area contributed by atoms with Crippen molar-refractivity contribution in [3.05, 3.63) is 46.0 Å². The molecule has 2 aromatic rings. The molecule has 1 heterocycles. The summed E-state index contributed by atoms with van der Waals surface area (Å²) in [6.07, 6.45) is 1.53. The molecule has 11 heteroatoms. The van der Waals surface area contributed by atoms with Crippen molar-refractivity contribution in [3.63, 3.8) is 0 Å². The van der Waals surface area contributed by atoms with Crippen LogP contribution in [0.25, 0.3) is 0 Å². The lowest BCUT2D eigenvalue weighted by Crippen LogP contribution is -2.48. The van der Waals surface area contributed by atoms with Crippen LogP contribution >= 0.6 is 27.7 Å². The van der Waals surface area contributed by atoms with Crippen LogP contribution in [-0.4, -0.2) is 43.9 Å². The van der Waals surface area contributed by atoms with E-state index in [1.165, 1.54) is 6.08 Å². The van der Waals surface area contributed by atoms with Crippen LogP contribution in [0.15, 0.2) is 27.7 Å². The maximum atomic E-state index is 13.2. The number of hydrogen-bond acceptors (Lipinski definition) is 9. The quantitative estimate of drug-likeness (QED) is 0.158. The van der Waals surface area contributed by atoms with E-state index in [1.54, 1.807) is 25.8 Å². The van der Waals surface area contributed by atoms with Gasteiger partial charge in [-0.05, 0) is 46.9 Å². The second kappa shape index (κ2) is 12.6. The highest BCUT2D eigenvalue weighted by molar-refractivity contribution is 9.10. The molecular weight excluding hydrogens is 562 g/mol. The minimum absolute atomic E-state index is 0.0423. The summed E-state index contributed by atoms with van der Waals surface area (Å²) in [6.45, 7) is 18.8. The van der Waals surface area contributed by atoms with Crippen LogP contribution in [0.3, 0.4) is 0 Å². The largest absolute Gasteiger partial charge is 0.543 e. The number of nitrogens with two attached hydrogens (primary N) is 1. The average Bonchev–Trinajstić information content (AvgIpc) is 3.24. The van der Waals surface area contributed by atoms with E-state index in [-0.39, 0.29) is 11.6 Å². The van der Waals surface area contributed by atoms with E-state index >= 15 is 0 Å². The smallest absolute Gasteiger partial charge is 0.340 e. The highest BCUT2D eigenvalue weighted by atomic mass is 79.9. The number of rotatable bonds is 13. The summed E-state index contributed by atoms with van der Waals surface area (Å²) < 4.78 is 23.6. The summed E-state index contributed by atoms with van der Waals surface area (Å²) in [5, 5.41) is 3.77. The lowest BCUT2D eigenvalue weighted by atomic mass is 9.99. The molecule has 36 heavy (non-hydrogen) atoms. The van der Waals surface area contributed by atoms with Crippen LogP contribution in [0.2, 0.25) is 18.1 Å². The number of thioether (sulfide) groups is 1. The van der Waals surface area contributed by atoms with Crippen molar-refractivity contribution in [2.45, 2.75) is 64.5 Å². The van der Waals surface area contributed by atoms with Gasteiger partial charge in [0.15, 0.2) is 5.82 Å². The molecule has 0 bridgehead atoms. The Hall–Kier alpha value is -1.82. The van der Waals surface area contributed by atoms with Gasteiger partial charge in [-0.3, -0.25) is 0 Å². The van der Waals surface area contributed by atoms with Gasteiger partial charge in [0.2, 0.25) is 5.89 Å². The highest BCUT2D eigenvalue weighted by Crippen LogP contribution is 2.47. The van der Waals surface area contributed by atoms with Crippen LogP contribution in [0, 0.1) is 12.8 Å². The van der Waals surface area contributed by atoms with E-state index in [1.807, 2.05) is 6.07 Å². The normalized spacial score (nSPS) is 13.0. The molecule has 1 atom stereocenters. The molecule has 200 valence electrons. The Kier molecular flexibility index (Phi) is 10.7. The Bertz CT molecular complexity index is 1070. The van der Waals surface area contributed by atoms with Crippen molar-refractivity contribution in [2.24, 2.45) is 11.7 Å². The summed E-state index contributed by atoms with van der Waals surface area (Å²) in [5.74, 6) is 2.89. The van der Waals surface area contributed by atoms with E-state index in [4.69, 9.17) is 24.2 Å². The van der Waals surface area contributed by atoms with E-state index < -0.39 is 20.3 Å². The fourth-order valence-corrected chi connectivity index (χ4v) is 7.44. The van der Waals surface area contributed by atoms with Crippen LogP contribution in [0.5, 0.6) is 11.5 Å². The lowest BCUT2D eigenvalue weighted by molar-refractivity contribution is 0.0546. The zero-order valence-electron chi connectivity index (χ0n) is 22.4. The molecule has 0 amide bonds. The monoisotopic (exact) mass is 599 g/mol. The minimum Gasteiger partial charge on any atom is -0.543 e. The molecule has 0 fully saturated rings. The number of methoxy groups -OCH3 is 1. The molecule has 2 rings (SSSR count). The van der Waals surface area contributed by atoms with Gasteiger partial charge in [-0.25, -0.2) is 4.79 Å². The number of hydrogen-bond donors (Lipinski definition) is 1. The Balaban J connectivity index is 2.52. The predicted molar refractivity (Wildman–Crippen MR) is 150 cm³/mol. The standard InChI is InChI=1S/C25H38BrN3O5SSi/c1-10-11-32-24(30)21-17(13-35-14-18(27)23-28-16(4)29-33-23)19(12-20(31-7)22(21)26)34-36(8,9)25(5,6)15(2)3/h10,12,15,18H,1,11,13-14,27H2,2-9H3/t18-/m0/s1. The third kappa shape index (κ3) is 6.93. The number of nitrogens with zero attached hydrogens (tertiary/aromatic N) is 2. The summed E-state index contributed by atoms with van der Waals surface area (Å²) in [7, 11) is -0.761. The first kappa shape index (κ1) is 30.4. The average molecular weight is 601 g/mol. The zero-order chi connectivity index (χ0) is 27.3. The first-order valence-corrected chi connectivity index (χ1v) is 16.6. The van der Waals surface area contributed by atoms with Crippen LogP contribution in [0.4, 0.5) is 0 Å². The number of aromatic nitrogens is 2. The predicted octanol–water partition coefficient (Wildman–Crippen LogP) is 6.45. The minimum atomic E-state index is -2.32. The molecule has 0 saturated carbocycles. The number of ether oxygens (including phenoxy) is 2. The van der Waals surface area contributed by atoms with Gasteiger partial charge in [0, 0.05) is 23.1 Å². The molecule has 1 aromatic carbocycles. The zero-order valence-corrected chi connectivity index (χ0v) is 25.8. The summed E-state index contributed by atoms with van der Waals surface area (Å²) in [4.78, 5) is 17.4. The summed E-state index contributed by atoms with van der Waals surface area (Å²) in [6, 6.07) is 1.40. The van der Waals surface area contributed by atoms with E-state index in [2.05, 4.69) is 73.4 Å². The molecule has 0 unspecified atom stereocenters. The van der Waals surface area contributed by atoms with Gasteiger partial charge < -0.3 is 24.2 Å². The van der Waals surface area contributed by atoms with Crippen molar-refractivity contribution in [2.75, 3.05) is 19.5 Å². The van der Waals surface area contributed by atoms with Gasteiger partial charge in [-0.15, -0.1) is 0 Å². The van der Waals surface area contributed by atoms with E-state index in [9.17, 15) is 4.79 Å². The molecular formula is C25H38BrN3O5SSi. The number of esters is 1. The van der Waals surface area contributed by atoms with Gasteiger partial charge in [0.1, 0.15) is 18.1 Å². The second-order valence-corrected chi connectivity index (χ2v) is 16.3. The molecule has 0 aliphatic carbocycles. The Morgan fingerprint density at radius 2 is 2.03 bits per heavy atom. The topological polar surface area (TPSA) is 110 Å². The molecule has 1 aromatic heterocycles. The maximum absolute atomic E-state index is 13.2. The van der Waals surface area contributed by atoms with Gasteiger partial charge >= 0.3 is 5.97 Å². The number of carbonyl (C=O) groups is 1.